The van der Waals surface area contributed by atoms with Gasteiger partial charge in [-0.2, -0.15) is 0 Å². The van der Waals surface area contributed by atoms with Crippen molar-refractivity contribution in [1.82, 2.24) is 10.3 Å². The molecule has 0 saturated heterocycles. The van der Waals surface area contributed by atoms with Crippen LogP contribution in [0.1, 0.15) is 27.2 Å². The van der Waals surface area contributed by atoms with Gasteiger partial charge in [-0.25, -0.2) is 4.98 Å². The van der Waals surface area contributed by atoms with E-state index in [2.05, 4.69) is 33.2 Å². The number of hydrogen-bond donors (Lipinski definition) is 1. The van der Waals surface area contributed by atoms with E-state index < -0.39 is 0 Å². The molecular formula is C19H22N2O2S2. The predicted molar refractivity (Wildman–Crippen MR) is 104 cm³/mol. The molecule has 0 fully saturated rings. The molecule has 2 heterocycles. The Morgan fingerprint density at radius 2 is 2.04 bits per heavy atom. The zero-order chi connectivity index (χ0) is 17.6. The molecule has 1 aromatic carbocycles. The van der Waals surface area contributed by atoms with Crippen LogP contribution in [0, 0.1) is 6.92 Å². The molecule has 1 unspecified atom stereocenters. The highest BCUT2D eigenvalue weighted by molar-refractivity contribution is 7.10. The van der Waals surface area contributed by atoms with Gasteiger partial charge in [-0.15, -0.1) is 22.7 Å². The van der Waals surface area contributed by atoms with E-state index in [-0.39, 0.29) is 6.04 Å². The average Bonchev–Trinajstić information content (AvgIpc) is 3.30. The third kappa shape index (κ3) is 4.60. The third-order valence-corrected chi connectivity index (χ3v) is 5.93. The Bertz CT molecular complexity index is 800. The molecule has 0 saturated carbocycles. The van der Waals surface area contributed by atoms with Gasteiger partial charge in [0.05, 0.1) is 20.3 Å². The van der Waals surface area contributed by atoms with Crippen LogP contribution in [-0.4, -0.2) is 19.2 Å². The highest BCUT2D eigenvalue weighted by Crippen LogP contribution is 2.27. The first-order chi connectivity index (χ1) is 12.2. The van der Waals surface area contributed by atoms with Crippen LogP contribution in [0.15, 0.2) is 41.1 Å². The van der Waals surface area contributed by atoms with Crippen molar-refractivity contribution in [2.75, 3.05) is 14.2 Å². The Balaban J connectivity index is 1.76. The molecule has 2 aromatic heterocycles. The highest BCUT2D eigenvalue weighted by atomic mass is 32.1. The van der Waals surface area contributed by atoms with Gasteiger partial charge in [0, 0.05) is 40.5 Å². The number of nitrogens with one attached hydrogen (secondary N) is 1. The van der Waals surface area contributed by atoms with E-state index in [1.54, 1.807) is 36.9 Å². The molecule has 0 aliphatic rings. The lowest BCUT2D eigenvalue weighted by molar-refractivity contribution is 0.388. The Morgan fingerprint density at radius 1 is 1.16 bits per heavy atom. The van der Waals surface area contributed by atoms with Gasteiger partial charge in [-0.1, -0.05) is 12.1 Å². The molecule has 6 heteroatoms. The van der Waals surface area contributed by atoms with E-state index in [9.17, 15) is 0 Å². The summed E-state index contributed by atoms with van der Waals surface area (Å²) in [6.07, 6.45) is 0.934. The molecule has 1 atom stereocenters. The van der Waals surface area contributed by atoms with Gasteiger partial charge in [0.25, 0.3) is 0 Å². The van der Waals surface area contributed by atoms with Crippen molar-refractivity contribution in [3.8, 4) is 11.5 Å². The van der Waals surface area contributed by atoms with Crippen LogP contribution < -0.4 is 14.8 Å². The Labute approximate surface area is 156 Å². The summed E-state index contributed by atoms with van der Waals surface area (Å²) in [7, 11) is 3.35. The normalized spacial score (nSPS) is 12.1. The van der Waals surface area contributed by atoms with Crippen molar-refractivity contribution in [2.45, 2.75) is 25.9 Å². The third-order valence-electron chi connectivity index (χ3n) is 3.95. The summed E-state index contributed by atoms with van der Waals surface area (Å²) in [4.78, 5) is 6.04. The van der Waals surface area contributed by atoms with Crippen molar-refractivity contribution in [2.24, 2.45) is 0 Å². The molecule has 0 bridgehead atoms. The number of thiazole rings is 1. The summed E-state index contributed by atoms with van der Waals surface area (Å²) in [5.41, 5.74) is 2.17. The van der Waals surface area contributed by atoms with Gasteiger partial charge in [-0.05, 0) is 24.4 Å². The molecule has 0 spiro atoms. The molecule has 0 aliphatic heterocycles. The highest BCUT2D eigenvalue weighted by Gasteiger charge is 2.17. The van der Waals surface area contributed by atoms with E-state index in [0.29, 0.717) is 6.54 Å². The average molecular weight is 375 g/mol. The van der Waals surface area contributed by atoms with Gasteiger partial charge in [0.15, 0.2) is 0 Å². The van der Waals surface area contributed by atoms with Crippen LogP contribution in [-0.2, 0) is 13.0 Å². The zero-order valence-electron chi connectivity index (χ0n) is 14.6. The fraction of sp³-hybridized carbons (Fsp3) is 0.316. The SMILES string of the molecule is COc1ccc(CNC(Cc2cccs2)c2nc(C)cs2)c(OC)c1. The molecular weight excluding hydrogens is 352 g/mol. The molecule has 0 amide bonds. The summed E-state index contributed by atoms with van der Waals surface area (Å²) < 4.78 is 10.8. The number of nitrogens with zero attached hydrogens (tertiary/aromatic N) is 1. The maximum absolute atomic E-state index is 5.50. The fourth-order valence-electron chi connectivity index (χ4n) is 2.64. The molecule has 3 aromatic rings. The second-order valence-corrected chi connectivity index (χ2v) is 7.64. The summed E-state index contributed by atoms with van der Waals surface area (Å²) in [5, 5.41) is 8.99. The number of rotatable bonds is 8. The zero-order valence-corrected chi connectivity index (χ0v) is 16.2. The summed E-state index contributed by atoms with van der Waals surface area (Å²) >= 11 is 3.49. The van der Waals surface area contributed by atoms with Gasteiger partial charge in [0.1, 0.15) is 16.5 Å². The van der Waals surface area contributed by atoms with E-state index in [1.165, 1.54) is 4.88 Å². The molecule has 0 radical (unpaired) electrons. The predicted octanol–water partition coefficient (Wildman–Crippen LogP) is 4.60. The Hall–Kier alpha value is -1.89. The summed E-state index contributed by atoms with van der Waals surface area (Å²) in [6.45, 7) is 2.75. The number of methoxy groups -OCH3 is 2. The van der Waals surface area contributed by atoms with E-state index in [1.807, 2.05) is 25.1 Å². The molecule has 0 aliphatic carbocycles. The van der Waals surface area contributed by atoms with Gasteiger partial charge in [-0.3, -0.25) is 0 Å². The number of hydrogen-bond acceptors (Lipinski definition) is 6. The van der Waals surface area contributed by atoms with Gasteiger partial charge < -0.3 is 14.8 Å². The first-order valence-corrected chi connectivity index (χ1v) is 9.84. The number of aryl methyl sites for hydroxylation is 1. The maximum atomic E-state index is 5.50. The monoisotopic (exact) mass is 374 g/mol. The van der Waals surface area contributed by atoms with Gasteiger partial charge in [0.2, 0.25) is 0 Å². The van der Waals surface area contributed by atoms with E-state index >= 15 is 0 Å². The van der Waals surface area contributed by atoms with Crippen LogP contribution >= 0.6 is 22.7 Å². The number of ether oxygens (including phenoxy) is 2. The lowest BCUT2D eigenvalue weighted by atomic mass is 10.1. The quantitative estimate of drug-likeness (QED) is 0.626. The minimum absolute atomic E-state index is 0.184. The van der Waals surface area contributed by atoms with E-state index in [0.717, 1.165) is 34.2 Å². The number of thiophene rings is 1. The molecule has 1 N–H and O–H groups in total. The van der Waals surface area contributed by atoms with Crippen molar-refractivity contribution in [1.29, 1.82) is 0 Å². The minimum atomic E-state index is 0.184. The van der Waals surface area contributed by atoms with Crippen LogP contribution in [0.5, 0.6) is 11.5 Å². The first kappa shape index (κ1) is 17.9. The topological polar surface area (TPSA) is 43.4 Å². The van der Waals surface area contributed by atoms with Crippen LogP contribution in [0.4, 0.5) is 0 Å². The lowest BCUT2D eigenvalue weighted by Gasteiger charge is -2.17. The second-order valence-electron chi connectivity index (χ2n) is 5.72. The van der Waals surface area contributed by atoms with Gasteiger partial charge >= 0.3 is 0 Å². The summed E-state index contributed by atoms with van der Waals surface area (Å²) in [6, 6.07) is 10.4. The number of benzene rings is 1. The molecule has 3 rings (SSSR count). The molecule has 132 valence electrons. The molecule has 4 nitrogen and oxygen atoms in total. The van der Waals surface area contributed by atoms with Crippen molar-refractivity contribution >= 4 is 22.7 Å². The Morgan fingerprint density at radius 3 is 2.68 bits per heavy atom. The minimum Gasteiger partial charge on any atom is -0.497 e. The largest absolute Gasteiger partial charge is 0.497 e. The standard InChI is InChI=1S/C19H22N2O2S2/c1-13-12-25-19(21-13)17(10-16-5-4-8-24-16)20-11-14-6-7-15(22-2)9-18(14)23-3/h4-9,12,17,20H,10-11H2,1-3H3. The second kappa shape index (κ2) is 8.47. The van der Waals surface area contributed by atoms with E-state index in [4.69, 9.17) is 9.47 Å². The number of aromatic nitrogens is 1. The summed E-state index contributed by atoms with van der Waals surface area (Å²) in [5.74, 6) is 1.63. The first-order valence-electron chi connectivity index (χ1n) is 8.08. The van der Waals surface area contributed by atoms with Crippen LogP contribution in [0.3, 0.4) is 0 Å². The van der Waals surface area contributed by atoms with Crippen LogP contribution in [0.25, 0.3) is 0 Å². The van der Waals surface area contributed by atoms with Crippen molar-refractivity contribution in [3.05, 3.63) is 62.2 Å². The van der Waals surface area contributed by atoms with Crippen molar-refractivity contribution in [3.63, 3.8) is 0 Å². The Kier molecular flexibility index (Phi) is 6.07. The fourth-order valence-corrected chi connectivity index (χ4v) is 4.26. The maximum Gasteiger partial charge on any atom is 0.127 e. The molecule has 25 heavy (non-hydrogen) atoms. The smallest absolute Gasteiger partial charge is 0.127 e. The van der Waals surface area contributed by atoms with Crippen LogP contribution in [0.2, 0.25) is 0 Å². The lowest BCUT2D eigenvalue weighted by Crippen LogP contribution is -2.23. The van der Waals surface area contributed by atoms with Crippen molar-refractivity contribution < 1.29 is 9.47 Å².